The smallest absolute Gasteiger partial charge is 0.336 e. The van der Waals surface area contributed by atoms with Gasteiger partial charge in [-0.05, 0) is 90.9 Å². The number of ether oxygens (including phenoxy) is 4. The summed E-state index contributed by atoms with van der Waals surface area (Å²) in [5.41, 5.74) is 3.73. The van der Waals surface area contributed by atoms with Crippen LogP contribution in [0.2, 0.25) is 0 Å². The molecule has 0 bridgehead atoms. The number of nitrogens with two attached hydrogens (primary N) is 1. The van der Waals surface area contributed by atoms with E-state index in [2.05, 4.69) is 5.32 Å². The number of carboxylic acids is 1. The maximum absolute atomic E-state index is 14.2. The Hall–Kier alpha value is -5.13. The minimum Gasteiger partial charge on any atom is -0.504 e. The van der Waals surface area contributed by atoms with Crippen LogP contribution in [0.1, 0.15) is 47.9 Å². The lowest BCUT2D eigenvalue weighted by Gasteiger charge is -2.53. The zero-order chi connectivity index (χ0) is 41.9. The van der Waals surface area contributed by atoms with Gasteiger partial charge < -0.3 is 60.6 Å². The zero-order valence-corrected chi connectivity index (χ0v) is 32.3. The molecule has 3 aromatic carbocycles. The molecule has 1 heterocycles. The summed E-state index contributed by atoms with van der Waals surface area (Å²) in [7, 11) is 1.61. The van der Waals surface area contributed by atoms with Crippen molar-refractivity contribution < 1.29 is 64.0 Å². The van der Waals surface area contributed by atoms with Gasteiger partial charge in [0, 0.05) is 25.9 Å². The molecule has 0 amide bonds. The molecule has 2 aliphatic rings. The monoisotopic (exact) mass is 804 g/mol. The number of ketones is 2. The largest absolute Gasteiger partial charge is 0.504 e. The van der Waals surface area contributed by atoms with Crippen LogP contribution in [0, 0.1) is 5.92 Å². The first-order valence-corrected chi connectivity index (χ1v) is 19.1. The SMILES string of the molecule is CNC[C@@]12C[C@](OCC(=O)/C=C/c3ccc(OCCN)c(O)c3)(C(=O)O)C[C@@H](O)[C@H]1OC[C@@H](CCc1ccccc1)C[C@@H](C(=O)/C=C\c1cc(O)c(O)cc1CO)O2. The van der Waals surface area contributed by atoms with Crippen molar-refractivity contribution >= 4 is 29.7 Å². The summed E-state index contributed by atoms with van der Waals surface area (Å²) >= 11 is 0. The highest BCUT2D eigenvalue weighted by Crippen LogP contribution is 2.45. The molecular weight excluding hydrogens is 752 g/mol. The summed E-state index contributed by atoms with van der Waals surface area (Å²) in [6.07, 6.45) is 2.07. The van der Waals surface area contributed by atoms with Gasteiger partial charge in [-0.3, -0.25) is 9.59 Å². The van der Waals surface area contributed by atoms with Crippen LogP contribution in [0.15, 0.2) is 72.8 Å². The van der Waals surface area contributed by atoms with Crippen molar-refractivity contribution in [2.45, 2.75) is 68.2 Å². The molecule has 1 aliphatic heterocycles. The van der Waals surface area contributed by atoms with Gasteiger partial charge in [0.2, 0.25) is 0 Å². The molecule has 6 atom stereocenters. The number of carboxylic acid groups (broad SMARTS) is 1. The Morgan fingerprint density at radius 2 is 1.76 bits per heavy atom. The Kier molecular flexibility index (Phi) is 15.2. The number of aliphatic hydroxyl groups is 2. The molecule has 1 aliphatic carbocycles. The predicted octanol–water partition coefficient (Wildman–Crippen LogP) is 2.87. The quantitative estimate of drug-likeness (QED) is 0.0681. The van der Waals surface area contributed by atoms with E-state index in [1.165, 1.54) is 48.6 Å². The number of hydrogen-bond donors (Lipinski definition) is 8. The number of carbonyl (C=O) groups excluding carboxylic acids is 2. The van der Waals surface area contributed by atoms with E-state index in [0.717, 1.165) is 5.56 Å². The number of rotatable bonds is 18. The molecule has 0 radical (unpaired) electrons. The molecule has 58 heavy (non-hydrogen) atoms. The highest BCUT2D eigenvalue weighted by Gasteiger charge is 2.61. The molecule has 9 N–H and O–H groups in total. The number of aromatic hydroxyl groups is 3. The first kappa shape index (κ1) is 44.0. The molecule has 0 spiro atoms. The Labute approximate surface area is 336 Å². The average Bonchev–Trinajstić information content (AvgIpc) is 3.19. The number of aliphatic hydroxyl groups excluding tert-OH is 2. The van der Waals surface area contributed by atoms with E-state index in [9.17, 15) is 45.0 Å². The van der Waals surface area contributed by atoms with Crippen molar-refractivity contribution in [1.29, 1.82) is 0 Å². The maximum Gasteiger partial charge on any atom is 0.336 e. The summed E-state index contributed by atoms with van der Waals surface area (Å²) in [6.45, 7) is -0.653. The summed E-state index contributed by atoms with van der Waals surface area (Å²) in [5.74, 6) is -3.60. The van der Waals surface area contributed by atoms with Crippen molar-refractivity contribution in [2.75, 3.05) is 40.0 Å². The minimum absolute atomic E-state index is 0.0713. The van der Waals surface area contributed by atoms with Crippen molar-refractivity contribution in [3.63, 3.8) is 0 Å². The zero-order valence-electron chi connectivity index (χ0n) is 32.3. The second kappa shape index (κ2) is 20.0. The Morgan fingerprint density at radius 1 is 1.00 bits per heavy atom. The Balaban J connectivity index is 1.42. The molecule has 3 aromatic rings. The number of likely N-dealkylation sites (N-methyl/N-ethyl adjacent to an activating group) is 1. The number of benzene rings is 3. The van der Waals surface area contributed by atoms with Gasteiger partial charge in [0.1, 0.15) is 31.0 Å². The summed E-state index contributed by atoms with van der Waals surface area (Å²) in [6, 6.07) is 16.7. The third-order valence-electron chi connectivity index (χ3n) is 10.4. The molecule has 15 nitrogen and oxygen atoms in total. The van der Waals surface area contributed by atoms with E-state index >= 15 is 0 Å². The molecular formula is C43H52N2O13. The summed E-state index contributed by atoms with van der Waals surface area (Å²) < 4.78 is 24.4. The van der Waals surface area contributed by atoms with Crippen molar-refractivity contribution in [3.05, 3.63) is 95.1 Å². The van der Waals surface area contributed by atoms with Gasteiger partial charge in [-0.1, -0.05) is 48.6 Å². The Morgan fingerprint density at radius 3 is 2.45 bits per heavy atom. The van der Waals surface area contributed by atoms with Gasteiger partial charge >= 0.3 is 5.97 Å². The molecule has 2 fully saturated rings. The number of phenols is 3. The van der Waals surface area contributed by atoms with Crippen LogP contribution in [0.25, 0.3) is 12.2 Å². The van der Waals surface area contributed by atoms with E-state index in [4.69, 9.17) is 24.7 Å². The first-order chi connectivity index (χ1) is 27.8. The molecule has 1 saturated carbocycles. The lowest BCUT2D eigenvalue weighted by molar-refractivity contribution is -0.268. The van der Waals surface area contributed by atoms with Crippen molar-refractivity contribution in [3.8, 4) is 23.0 Å². The van der Waals surface area contributed by atoms with Crippen LogP contribution in [0.4, 0.5) is 0 Å². The predicted molar refractivity (Wildman–Crippen MR) is 212 cm³/mol. The fourth-order valence-electron chi connectivity index (χ4n) is 7.58. The van der Waals surface area contributed by atoms with Crippen LogP contribution in [0.5, 0.6) is 23.0 Å². The number of aryl methyl sites for hydroxylation is 1. The van der Waals surface area contributed by atoms with Crippen molar-refractivity contribution in [2.24, 2.45) is 11.7 Å². The molecule has 1 saturated heterocycles. The number of nitrogens with one attached hydrogen (secondary N) is 1. The Bertz CT molecular complexity index is 1950. The van der Waals surface area contributed by atoms with Gasteiger partial charge in [-0.25, -0.2) is 4.79 Å². The van der Waals surface area contributed by atoms with Crippen LogP contribution in [0.3, 0.4) is 0 Å². The van der Waals surface area contributed by atoms with E-state index in [0.29, 0.717) is 18.4 Å². The third kappa shape index (κ3) is 10.9. The number of carbonyl (C=O) groups is 3. The standard InChI is InChI=1S/C43H52N2O13/c1-45-26-43-25-42(41(53)54,57-24-32(47)12-9-28-10-14-38(36(51)17-28)55-16-15-44)21-37(52)40(43)56-23-29(8-7-27-5-3-2-4-6-27)18-39(58-43)33(48)13-11-30-19-34(49)35(50)20-31(30)22-46/h2-6,9-14,17,19-20,29,37,39-40,45-46,49-52H,7-8,15-16,18,21-26,44H2,1H3,(H,53,54)/b12-9+,13-11-/t29-,37+,39-,40+,42-,43-/m0/s1. The summed E-state index contributed by atoms with van der Waals surface area (Å²) in [5, 5.41) is 65.6. The fourth-order valence-corrected chi connectivity index (χ4v) is 7.58. The van der Waals surface area contributed by atoms with Gasteiger partial charge in [-0.15, -0.1) is 0 Å². The molecule has 0 unspecified atom stereocenters. The van der Waals surface area contributed by atoms with Gasteiger partial charge in [0.15, 0.2) is 40.2 Å². The second-order valence-electron chi connectivity index (χ2n) is 14.7. The molecule has 0 aromatic heterocycles. The van der Waals surface area contributed by atoms with Crippen LogP contribution >= 0.6 is 0 Å². The topological polar surface area (TPSA) is 248 Å². The van der Waals surface area contributed by atoms with Crippen LogP contribution < -0.4 is 15.8 Å². The number of hydrogen-bond acceptors (Lipinski definition) is 14. The lowest BCUT2D eigenvalue weighted by atomic mass is 9.70. The van der Waals surface area contributed by atoms with E-state index < -0.39 is 84.6 Å². The van der Waals surface area contributed by atoms with E-state index in [-0.39, 0.29) is 61.3 Å². The average molecular weight is 805 g/mol. The number of phenolic OH excluding ortho intramolecular Hbond substituents is 3. The summed E-state index contributed by atoms with van der Waals surface area (Å²) in [4.78, 5) is 40.4. The van der Waals surface area contributed by atoms with Crippen molar-refractivity contribution in [1.82, 2.24) is 5.32 Å². The maximum atomic E-state index is 14.2. The van der Waals surface area contributed by atoms with Gasteiger partial charge in [0.05, 0.1) is 19.3 Å². The van der Waals surface area contributed by atoms with Crippen LogP contribution in [-0.2, 0) is 41.6 Å². The lowest BCUT2D eigenvalue weighted by Crippen LogP contribution is -2.69. The minimum atomic E-state index is -2.14. The van der Waals surface area contributed by atoms with Gasteiger partial charge in [-0.2, -0.15) is 0 Å². The van der Waals surface area contributed by atoms with E-state index in [1.54, 1.807) is 13.1 Å². The first-order valence-electron chi connectivity index (χ1n) is 19.1. The number of aliphatic carboxylic acids is 1. The third-order valence-corrected chi connectivity index (χ3v) is 10.4. The highest BCUT2D eigenvalue weighted by atomic mass is 16.6. The molecule has 15 heteroatoms. The highest BCUT2D eigenvalue weighted by molar-refractivity contribution is 5.97. The number of fused-ring (bicyclic) bond motifs is 1. The molecule has 312 valence electrons. The normalized spacial score (nSPS) is 24.9. The van der Waals surface area contributed by atoms with Gasteiger partial charge in [0.25, 0.3) is 0 Å². The molecule has 5 rings (SSSR count). The second-order valence-corrected chi connectivity index (χ2v) is 14.7. The van der Waals surface area contributed by atoms with Crippen LogP contribution in [-0.4, -0.2) is 118 Å². The fraction of sp³-hybridized carbons (Fsp3) is 0.419. The van der Waals surface area contributed by atoms with E-state index in [1.807, 2.05) is 30.3 Å².